The minimum absolute atomic E-state index is 0.00403. The Morgan fingerprint density at radius 2 is 1.36 bits per heavy atom. The first-order valence-electron chi connectivity index (χ1n) is 12.2. The van der Waals surface area contributed by atoms with Crippen molar-refractivity contribution in [2.75, 3.05) is 14.2 Å². The first-order chi connectivity index (χ1) is 18.5. The number of aryl methyl sites for hydroxylation is 2. The van der Waals surface area contributed by atoms with Gasteiger partial charge in [0.1, 0.15) is 29.9 Å². The Balaban J connectivity index is 1.53. The molecule has 1 fully saturated rings. The number of methoxy groups -OCH3 is 2. The van der Waals surface area contributed by atoms with E-state index in [0.29, 0.717) is 24.2 Å². The molecule has 5 atom stereocenters. The predicted octanol–water partition coefficient (Wildman–Crippen LogP) is 0.774. The van der Waals surface area contributed by atoms with Gasteiger partial charge in [0, 0.05) is 12.8 Å². The first-order valence-corrected chi connectivity index (χ1v) is 12.2. The number of benzene rings is 2. The third kappa shape index (κ3) is 7.67. The van der Waals surface area contributed by atoms with E-state index in [1.165, 1.54) is 26.4 Å². The number of hydrogen-bond donors (Lipinski definition) is 5. The largest absolute Gasteiger partial charge is 0.504 e. The zero-order chi connectivity index (χ0) is 28.7. The lowest BCUT2D eigenvalue weighted by Gasteiger charge is -2.38. The SMILES string of the molecule is COc1cc(CCC(=O)CC(=O)CCc2ccc(O[C@H]3O[C@@H](C(=O)O)[C@@H](O)[C@@H](O)[C@@H]3O)c(OC)c2)ccc1O. The van der Waals surface area contributed by atoms with E-state index in [9.17, 15) is 39.9 Å². The molecular formula is C27H32O12. The Morgan fingerprint density at radius 3 is 1.92 bits per heavy atom. The highest BCUT2D eigenvalue weighted by Gasteiger charge is 2.48. The second-order valence-corrected chi connectivity index (χ2v) is 9.10. The zero-order valence-electron chi connectivity index (χ0n) is 21.5. The average Bonchev–Trinajstić information content (AvgIpc) is 2.91. The molecule has 3 rings (SSSR count). The van der Waals surface area contributed by atoms with Gasteiger partial charge in [-0.05, 0) is 48.2 Å². The number of carboxylic acids is 1. The van der Waals surface area contributed by atoms with E-state index in [4.69, 9.17) is 18.9 Å². The molecule has 1 saturated heterocycles. The molecule has 0 amide bonds. The smallest absolute Gasteiger partial charge is 0.335 e. The summed E-state index contributed by atoms with van der Waals surface area (Å²) in [5.74, 6) is -1.38. The molecule has 0 aromatic heterocycles. The van der Waals surface area contributed by atoms with Gasteiger partial charge in [0.05, 0.1) is 20.6 Å². The second kappa shape index (κ2) is 13.4. The van der Waals surface area contributed by atoms with Crippen LogP contribution >= 0.6 is 0 Å². The summed E-state index contributed by atoms with van der Waals surface area (Å²) in [6.07, 6.45) is -8.00. The van der Waals surface area contributed by atoms with Crippen LogP contribution in [0, 0.1) is 0 Å². The van der Waals surface area contributed by atoms with Crippen LogP contribution in [-0.2, 0) is 32.0 Å². The normalized spacial score (nSPS) is 22.6. The van der Waals surface area contributed by atoms with Crippen LogP contribution in [0.15, 0.2) is 36.4 Å². The summed E-state index contributed by atoms with van der Waals surface area (Å²) in [6, 6.07) is 9.49. The number of ether oxygens (including phenoxy) is 4. The van der Waals surface area contributed by atoms with E-state index in [0.717, 1.165) is 5.56 Å². The molecule has 0 bridgehead atoms. The molecule has 2 aromatic carbocycles. The van der Waals surface area contributed by atoms with Crippen LogP contribution in [0.3, 0.4) is 0 Å². The summed E-state index contributed by atoms with van der Waals surface area (Å²) in [7, 11) is 2.79. The van der Waals surface area contributed by atoms with Crippen LogP contribution in [0.25, 0.3) is 0 Å². The number of carbonyl (C=O) groups is 3. The Bertz CT molecular complexity index is 1180. The fourth-order valence-electron chi connectivity index (χ4n) is 4.08. The topological polar surface area (TPSA) is 189 Å². The van der Waals surface area contributed by atoms with E-state index in [2.05, 4.69) is 0 Å². The minimum atomic E-state index is -1.85. The van der Waals surface area contributed by atoms with Gasteiger partial charge in [-0.3, -0.25) is 9.59 Å². The number of aliphatic hydroxyl groups excluding tert-OH is 3. The monoisotopic (exact) mass is 548 g/mol. The van der Waals surface area contributed by atoms with Gasteiger partial charge >= 0.3 is 5.97 Å². The quantitative estimate of drug-likeness (QED) is 0.222. The van der Waals surface area contributed by atoms with Crippen molar-refractivity contribution in [3.05, 3.63) is 47.5 Å². The number of aromatic hydroxyl groups is 1. The molecule has 212 valence electrons. The van der Waals surface area contributed by atoms with Crippen LogP contribution < -0.4 is 14.2 Å². The number of ketones is 2. The maximum atomic E-state index is 12.4. The van der Waals surface area contributed by atoms with E-state index < -0.39 is 36.7 Å². The van der Waals surface area contributed by atoms with Crippen molar-refractivity contribution in [3.8, 4) is 23.0 Å². The third-order valence-electron chi connectivity index (χ3n) is 6.31. The zero-order valence-corrected chi connectivity index (χ0v) is 21.5. The van der Waals surface area contributed by atoms with Gasteiger partial charge < -0.3 is 44.5 Å². The van der Waals surface area contributed by atoms with Crippen molar-refractivity contribution in [1.29, 1.82) is 0 Å². The molecule has 0 saturated carbocycles. The standard InChI is InChI=1S/C27H32O12/c1-36-20-11-14(5-9-18(20)30)3-7-16(28)13-17(29)8-4-15-6-10-19(21(12-15)37-2)38-27-24(33)22(31)23(32)25(39-27)26(34)35/h5-6,9-12,22-25,27,30-33H,3-4,7-8,13H2,1-2H3,(H,34,35)/t22-,23+,24+,25-,27+/m1/s1. The number of phenolic OH excluding ortho intramolecular Hbond substituents is 1. The predicted molar refractivity (Wildman–Crippen MR) is 134 cm³/mol. The Morgan fingerprint density at radius 1 is 0.795 bits per heavy atom. The molecule has 0 spiro atoms. The number of phenols is 1. The maximum absolute atomic E-state index is 12.4. The summed E-state index contributed by atoms with van der Waals surface area (Å²) >= 11 is 0. The van der Waals surface area contributed by atoms with Crippen LogP contribution in [0.4, 0.5) is 0 Å². The lowest BCUT2D eigenvalue weighted by atomic mass is 9.99. The fraction of sp³-hybridized carbons (Fsp3) is 0.444. The highest BCUT2D eigenvalue weighted by atomic mass is 16.7. The molecule has 12 heteroatoms. The van der Waals surface area contributed by atoms with Gasteiger partial charge in [0.15, 0.2) is 29.1 Å². The lowest BCUT2D eigenvalue weighted by molar-refractivity contribution is -0.271. The number of aliphatic hydroxyl groups is 3. The molecule has 5 N–H and O–H groups in total. The van der Waals surface area contributed by atoms with Crippen molar-refractivity contribution in [1.82, 2.24) is 0 Å². The van der Waals surface area contributed by atoms with E-state index in [-0.39, 0.29) is 48.1 Å². The highest BCUT2D eigenvalue weighted by Crippen LogP contribution is 2.32. The third-order valence-corrected chi connectivity index (χ3v) is 6.31. The summed E-state index contributed by atoms with van der Waals surface area (Å²) in [4.78, 5) is 36.0. The van der Waals surface area contributed by atoms with E-state index in [1.807, 2.05) is 0 Å². The van der Waals surface area contributed by atoms with Crippen molar-refractivity contribution in [2.24, 2.45) is 0 Å². The second-order valence-electron chi connectivity index (χ2n) is 9.10. The van der Waals surface area contributed by atoms with Gasteiger partial charge in [-0.25, -0.2) is 4.79 Å². The molecule has 2 aromatic rings. The Hall–Kier alpha value is -3.71. The summed E-state index contributed by atoms with van der Waals surface area (Å²) in [5, 5.41) is 48.8. The Labute approximate surface area is 224 Å². The lowest BCUT2D eigenvalue weighted by Crippen LogP contribution is -2.61. The number of carboxylic acid groups (broad SMARTS) is 1. The van der Waals surface area contributed by atoms with E-state index >= 15 is 0 Å². The average molecular weight is 549 g/mol. The molecule has 1 aliphatic rings. The van der Waals surface area contributed by atoms with Gasteiger partial charge in [-0.15, -0.1) is 0 Å². The molecule has 39 heavy (non-hydrogen) atoms. The molecule has 1 aliphatic heterocycles. The van der Waals surface area contributed by atoms with Crippen molar-refractivity contribution < 1.29 is 58.9 Å². The van der Waals surface area contributed by atoms with Gasteiger partial charge in [0.25, 0.3) is 0 Å². The first kappa shape index (κ1) is 29.8. The number of rotatable bonds is 13. The van der Waals surface area contributed by atoms with Gasteiger partial charge in [-0.1, -0.05) is 12.1 Å². The van der Waals surface area contributed by atoms with E-state index in [1.54, 1.807) is 24.3 Å². The molecule has 0 radical (unpaired) electrons. The van der Waals surface area contributed by atoms with Crippen LogP contribution in [0.5, 0.6) is 23.0 Å². The Kier molecular flexibility index (Phi) is 10.2. The molecule has 0 aliphatic carbocycles. The molecule has 12 nitrogen and oxygen atoms in total. The summed E-state index contributed by atoms with van der Waals surface area (Å²) in [6.45, 7) is 0. The van der Waals surface area contributed by atoms with Crippen molar-refractivity contribution in [2.45, 2.75) is 62.8 Å². The molecule has 1 heterocycles. The van der Waals surface area contributed by atoms with Gasteiger partial charge in [-0.2, -0.15) is 0 Å². The summed E-state index contributed by atoms with van der Waals surface area (Å²) < 4.78 is 21.0. The van der Waals surface area contributed by atoms with Crippen LogP contribution in [0.1, 0.15) is 30.4 Å². The molecule has 0 unspecified atom stereocenters. The number of aliphatic carboxylic acids is 1. The van der Waals surface area contributed by atoms with Crippen molar-refractivity contribution in [3.63, 3.8) is 0 Å². The number of Topliss-reactive ketones (excluding diaryl/α,β-unsaturated/α-hetero) is 2. The number of carbonyl (C=O) groups excluding carboxylic acids is 2. The van der Waals surface area contributed by atoms with Crippen LogP contribution in [-0.4, -0.2) is 88.0 Å². The van der Waals surface area contributed by atoms with Crippen molar-refractivity contribution >= 4 is 17.5 Å². The fourth-order valence-corrected chi connectivity index (χ4v) is 4.08. The van der Waals surface area contributed by atoms with Crippen LogP contribution in [0.2, 0.25) is 0 Å². The van der Waals surface area contributed by atoms with Gasteiger partial charge in [0.2, 0.25) is 6.29 Å². The maximum Gasteiger partial charge on any atom is 0.335 e. The minimum Gasteiger partial charge on any atom is -0.504 e. The summed E-state index contributed by atoms with van der Waals surface area (Å²) in [5.41, 5.74) is 1.50. The molecular weight excluding hydrogens is 516 g/mol. The highest BCUT2D eigenvalue weighted by molar-refractivity contribution is 5.99. The number of hydrogen-bond acceptors (Lipinski definition) is 11.